The predicted octanol–water partition coefficient (Wildman–Crippen LogP) is 2.44. The minimum absolute atomic E-state index is 0.232. The van der Waals surface area contributed by atoms with Gasteiger partial charge in [0.05, 0.1) is 13.7 Å². The summed E-state index contributed by atoms with van der Waals surface area (Å²) in [5, 5.41) is 3.11. The lowest BCUT2D eigenvalue weighted by Crippen LogP contribution is -2.48. The molecule has 0 spiro atoms. The minimum atomic E-state index is -0.892. The van der Waals surface area contributed by atoms with Crippen LogP contribution < -0.4 is 5.32 Å². The van der Waals surface area contributed by atoms with Gasteiger partial charge < -0.3 is 14.8 Å². The van der Waals surface area contributed by atoms with Crippen LogP contribution in [0.15, 0.2) is 28.7 Å². The molecule has 0 heterocycles. The minimum Gasteiger partial charge on any atom is -0.467 e. The van der Waals surface area contributed by atoms with E-state index in [1.807, 2.05) is 24.3 Å². The molecule has 0 aromatic heterocycles. The molecule has 5 heteroatoms. The topological polar surface area (TPSA) is 47.6 Å². The molecule has 94 valence electrons. The van der Waals surface area contributed by atoms with Gasteiger partial charge in [-0.05, 0) is 31.2 Å². The van der Waals surface area contributed by atoms with Gasteiger partial charge in [0.1, 0.15) is 0 Å². The van der Waals surface area contributed by atoms with Crippen LogP contribution in [0.2, 0.25) is 0 Å². The van der Waals surface area contributed by atoms with E-state index in [-0.39, 0.29) is 12.6 Å². The van der Waals surface area contributed by atoms with Crippen LogP contribution in [0, 0.1) is 0 Å². The molecule has 1 aromatic rings. The lowest BCUT2D eigenvalue weighted by molar-refractivity contribution is -0.147. The number of ether oxygens (including phenoxy) is 2. The summed E-state index contributed by atoms with van der Waals surface area (Å²) in [6.07, 6.45) is 0. The van der Waals surface area contributed by atoms with E-state index < -0.39 is 5.54 Å². The van der Waals surface area contributed by atoms with Crippen molar-refractivity contribution < 1.29 is 14.3 Å². The predicted molar refractivity (Wildman–Crippen MR) is 70.1 cm³/mol. The van der Waals surface area contributed by atoms with Gasteiger partial charge in [-0.2, -0.15) is 0 Å². The van der Waals surface area contributed by atoms with Crippen LogP contribution in [0.3, 0.4) is 0 Å². The SMILES string of the molecule is COCC(C)(Nc1ccc(Br)cc1)C(=O)OC. The standard InChI is InChI=1S/C12H16BrNO3/c1-12(8-16-2,11(15)17-3)14-10-6-4-9(13)5-7-10/h4-7,14H,8H2,1-3H3. The van der Waals surface area contributed by atoms with Crippen molar-refractivity contribution in [3.63, 3.8) is 0 Å². The van der Waals surface area contributed by atoms with Crippen LogP contribution in [0.4, 0.5) is 5.69 Å². The van der Waals surface area contributed by atoms with E-state index in [0.717, 1.165) is 10.2 Å². The van der Waals surface area contributed by atoms with Crippen LogP contribution >= 0.6 is 15.9 Å². The molecular formula is C12H16BrNO3. The summed E-state index contributed by atoms with van der Waals surface area (Å²) < 4.78 is 10.8. The Hall–Kier alpha value is -1.07. The fourth-order valence-electron chi connectivity index (χ4n) is 1.51. The molecule has 1 N–H and O–H groups in total. The second-order valence-electron chi connectivity index (χ2n) is 3.89. The van der Waals surface area contributed by atoms with Gasteiger partial charge in [0.25, 0.3) is 0 Å². The number of nitrogens with one attached hydrogen (secondary N) is 1. The van der Waals surface area contributed by atoms with Crippen LogP contribution in [0.25, 0.3) is 0 Å². The first-order valence-electron chi connectivity index (χ1n) is 5.13. The molecule has 0 aliphatic carbocycles. The molecule has 1 aromatic carbocycles. The monoisotopic (exact) mass is 301 g/mol. The summed E-state index contributed by atoms with van der Waals surface area (Å²) in [5.74, 6) is -0.359. The zero-order chi connectivity index (χ0) is 12.9. The first-order valence-corrected chi connectivity index (χ1v) is 5.92. The largest absolute Gasteiger partial charge is 0.467 e. The van der Waals surface area contributed by atoms with Gasteiger partial charge in [0.15, 0.2) is 5.54 Å². The Balaban J connectivity index is 2.86. The van der Waals surface area contributed by atoms with Crippen molar-refractivity contribution in [2.75, 3.05) is 26.1 Å². The summed E-state index contributed by atoms with van der Waals surface area (Å²) in [6.45, 7) is 1.97. The highest BCUT2D eigenvalue weighted by Gasteiger charge is 2.34. The second-order valence-corrected chi connectivity index (χ2v) is 4.80. The Morgan fingerprint density at radius 3 is 2.41 bits per heavy atom. The molecule has 0 radical (unpaired) electrons. The summed E-state index contributed by atoms with van der Waals surface area (Å²) in [4.78, 5) is 11.7. The molecular weight excluding hydrogens is 286 g/mol. The Bertz CT molecular complexity index is 380. The third-order valence-corrected chi connectivity index (χ3v) is 2.86. The van der Waals surface area contributed by atoms with Crippen LogP contribution in [-0.4, -0.2) is 32.3 Å². The summed E-state index contributed by atoms with van der Waals surface area (Å²) >= 11 is 3.35. The highest BCUT2D eigenvalue weighted by molar-refractivity contribution is 9.10. The van der Waals surface area contributed by atoms with Gasteiger partial charge >= 0.3 is 5.97 Å². The van der Waals surface area contributed by atoms with E-state index in [2.05, 4.69) is 21.2 Å². The zero-order valence-corrected chi connectivity index (χ0v) is 11.7. The first-order chi connectivity index (χ1) is 8.01. The summed E-state index contributed by atoms with van der Waals surface area (Å²) in [7, 11) is 2.91. The number of halogens is 1. The lowest BCUT2D eigenvalue weighted by Gasteiger charge is -2.28. The molecule has 0 saturated heterocycles. The van der Waals surface area contributed by atoms with Crippen molar-refractivity contribution in [2.24, 2.45) is 0 Å². The van der Waals surface area contributed by atoms with E-state index in [9.17, 15) is 4.79 Å². The number of anilines is 1. The average molecular weight is 302 g/mol. The molecule has 0 aliphatic rings. The Labute approximate surface area is 109 Å². The molecule has 1 atom stereocenters. The van der Waals surface area contributed by atoms with E-state index in [4.69, 9.17) is 9.47 Å². The smallest absolute Gasteiger partial charge is 0.333 e. The fraction of sp³-hybridized carbons (Fsp3) is 0.417. The molecule has 4 nitrogen and oxygen atoms in total. The van der Waals surface area contributed by atoms with Crippen LogP contribution in [-0.2, 0) is 14.3 Å². The van der Waals surface area contributed by atoms with Crippen molar-refractivity contribution in [2.45, 2.75) is 12.5 Å². The Morgan fingerprint density at radius 2 is 1.94 bits per heavy atom. The number of methoxy groups -OCH3 is 2. The highest BCUT2D eigenvalue weighted by atomic mass is 79.9. The van der Waals surface area contributed by atoms with Crippen molar-refractivity contribution >= 4 is 27.6 Å². The maximum absolute atomic E-state index is 11.7. The van der Waals surface area contributed by atoms with Gasteiger partial charge in [0, 0.05) is 17.3 Å². The molecule has 0 bridgehead atoms. The second kappa shape index (κ2) is 6.02. The quantitative estimate of drug-likeness (QED) is 0.849. The molecule has 1 rings (SSSR count). The average Bonchev–Trinajstić information content (AvgIpc) is 2.31. The van der Waals surface area contributed by atoms with Gasteiger partial charge in [-0.3, -0.25) is 0 Å². The maximum atomic E-state index is 11.7. The number of carbonyl (C=O) groups is 1. The van der Waals surface area contributed by atoms with Crippen molar-refractivity contribution in [3.05, 3.63) is 28.7 Å². The molecule has 0 saturated carbocycles. The number of esters is 1. The van der Waals surface area contributed by atoms with Crippen molar-refractivity contribution in [1.29, 1.82) is 0 Å². The van der Waals surface area contributed by atoms with Crippen molar-refractivity contribution in [1.82, 2.24) is 0 Å². The van der Waals surface area contributed by atoms with Crippen LogP contribution in [0.5, 0.6) is 0 Å². The molecule has 0 amide bonds. The van der Waals surface area contributed by atoms with E-state index in [0.29, 0.717) is 0 Å². The Morgan fingerprint density at radius 1 is 1.35 bits per heavy atom. The van der Waals surface area contributed by atoms with E-state index in [1.165, 1.54) is 7.11 Å². The lowest BCUT2D eigenvalue weighted by atomic mass is 10.0. The van der Waals surface area contributed by atoms with Gasteiger partial charge in [-0.1, -0.05) is 15.9 Å². The highest BCUT2D eigenvalue weighted by Crippen LogP contribution is 2.19. The van der Waals surface area contributed by atoms with E-state index >= 15 is 0 Å². The van der Waals surface area contributed by atoms with Gasteiger partial charge in [-0.15, -0.1) is 0 Å². The normalized spacial score (nSPS) is 13.9. The molecule has 0 fully saturated rings. The third-order valence-electron chi connectivity index (χ3n) is 2.33. The van der Waals surface area contributed by atoms with E-state index in [1.54, 1.807) is 14.0 Å². The van der Waals surface area contributed by atoms with Gasteiger partial charge in [0.2, 0.25) is 0 Å². The summed E-state index contributed by atoms with van der Waals surface area (Å²) in [5.41, 5.74) is -0.0599. The van der Waals surface area contributed by atoms with Crippen LogP contribution in [0.1, 0.15) is 6.92 Å². The van der Waals surface area contributed by atoms with Gasteiger partial charge in [-0.25, -0.2) is 4.79 Å². The fourth-order valence-corrected chi connectivity index (χ4v) is 1.78. The van der Waals surface area contributed by atoms with Crippen molar-refractivity contribution in [3.8, 4) is 0 Å². The molecule has 0 aliphatic heterocycles. The number of rotatable bonds is 5. The maximum Gasteiger partial charge on any atom is 0.333 e. The number of benzene rings is 1. The number of hydrogen-bond donors (Lipinski definition) is 1. The number of hydrogen-bond acceptors (Lipinski definition) is 4. The molecule has 1 unspecified atom stereocenters. The third kappa shape index (κ3) is 3.71. The zero-order valence-electron chi connectivity index (χ0n) is 10.1. The number of carbonyl (C=O) groups excluding carboxylic acids is 1. The first kappa shape index (κ1) is 14.0. The summed E-state index contributed by atoms with van der Waals surface area (Å²) in [6, 6.07) is 7.54. The molecule has 17 heavy (non-hydrogen) atoms. The Kier molecular flexibility index (Phi) is 4.96.